The average Bonchev–Trinajstić information content (AvgIpc) is 2.85. The largest absolute Gasteiger partial charge is 0.416 e. The number of benzene rings is 1. The standard InChI is InChI=1S/C16H18ClF3N2O2/c1-9(2)22-8-10(5-14(22)23)7-21-15(24)12-6-11(16(18,19)20)3-4-13(12)17/h3-4,6,9-10H,5,7-8H2,1-2H3,(H,21,24)/t10-/m1/s1. The van der Waals surface area contributed by atoms with Crippen LogP contribution in [0.4, 0.5) is 13.2 Å². The molecule has 1 aromatic rings. The van der Waals surface area contributed by atoms with Gasteiger partial charge in [-0.1, -0.05) is 11.6 Å². The summed E-state index contributed by atoms with van der Waals surface area (Å²) < 4.78 is 38.2. The highest BCUT2D eigenvalue weighted by atomic mass is 35.5. The Kier molecular flexibility index (Phi) is 5.42. The molecule has 4 nitrogen and oxygen atoms in total. The summed E-state index contributed by atoms with van der Waals surface area (Å²) in [5.74, 6) is -0.726. The predicted molar refractivity (Wildman–Crippen MR) is 83.7 cm³/mol. The number of nitrogens with one attached hydrogen (secondary N) is 1. The van der Waals surface area contributed by atoms with Gasteiger partial charge in [0.1, 0.15) is 0 Å². The van der Waals surface area contributed by atoms with Crippen LogP contribution in [0.3, 0.4) is 0 Å². The molecule has 8 heteroatoms. The zero-order valence-corrected chi connectivity index (χ0v) is 14.0. The topological polar surface area (TPSA) is 49.4 Å². The van der Waals surface area contributed by atoms with Crippen molar-refractivity contribution in [3.8, 4) is 0 Å². The Bertz CT molecular complexity index is 647. The molecule has 0 bridgehead atoms. The fourth-order valence-corrected chi connectivity index (χ4v) is 2.86. The number of carbonyl (C=O) groups is 2. The second-order valence-corrected chi connectivity index (χ2v) is 6.52. The Morgan fingerprint density at radius 2 is 2.08 bits per heavy atom. The molecule has 1 saturated heterocycles. The van der Waals surface area contributed by atoms with Crippen LogP contribution >= 0.6 is 11.6 Å². The highest BCUT2D eigenvalue weighted by Gasteiger charge is 2.33. The molecule has 1 fully saturated rings. The van der Waals surface area contributed by atoms with E-state index in [1.807, 2.05) is 13.8 Å². The van der Waals surface area contributed by atoms with Crippen LogP contribution in [0, 0.1) is 5.92 Å². The van der Waals surface area contributed by atoms with Gasteiger partial charge < -0.3 is 10.2 Å². The predicted octanol–water partition coefficient (Wildman–Crippen LogP) is 3.35. The molecule has 0 radical (unpaired) electrons. The number of nitrogens with zero attached hydrogens (tertiary/aromatic N) is 1. The molecule has 0 aromatic heterocycles. The van der Waals surface area contributed by atoms with Crippen molar-refractivity contribution in [1.82, 2.24) is 10.2 Å². The summed E-state index contributed by atoms with van der Waals surface area (Å²) in [6.07, 6.45) is -4.23. The lowest BCUT2D eigenvalue weighted by Gasteiger charge is -2.21. The number of carbonyl (C=O) groups excluding carboxylic acids is 2. The molecule has 1 heterocycles. The normalized spacial score (nSPS) is 18.4. The molecule has 1 N–H and O–H groups in total. The summed E-state index contributed by atoms with van der Waals surface area (Å²) in [6, 6.07) is 2.70. The number of alkyl halides is 3. The van der Waals surface area contributed by atoms with Gasteiger partial charge in [-0.25, -0.2) is 0 Å². The van der Waals surface area contributed by atoms with Crippen molar-refractivity contribution in [2.75, 3.05) is 13.1 Å². The van der Waals surface area contributed by atoms with Gasteiger partial charge in [-0.05, 0) is 32.0 Å². The van der Waals surface area contributed by atoms with Crippen LogP contribution in [0.15, 0.2) is 18.2 Å². The Morgan fingerprint density at radius 3 is 2.62 bits per heavy atom. The lowest BCUT2D eigenvalue weighted by atomic mass is 10.1. The average molecular weight is 363 g/mol. The first-order valence-electron chi connectivity index (χ1n) is 7.54. The van der Waals surface area contributed by atoms with Gasteiger partial charge in [-0.15, -0.1) is 0 Å². The van der Waals surface area contributed by atoms with E-state index in [-0.39, 0.29) is 35.0 Å². The molecule has 2 rings (SSSR count). The van der Waals surface area contributed by atoms with Gasteiger partial charge in [0, 0.05) is 31.5 Å². The smallest absolute Gasteiger partial charge is 0.352 e. The van der Waals surface area contributed by atoms with Gasteiger partial charge in [0.25, 0.3) is 5.91 Å². The van der Waals surface area contributed by atoms with Crippen molar-refractivity contribution in [2.45, 2.75) is 32.5 Å². The van der Waals surface area contributed by atoms with Crippen molar-refractivity contribution in [3.05, 3.63) is 34.3 Å². The zero-order chi connectivity index (χ0) is 18.1. The van der Waals surface area contributed by atoms with E-state index in [0.717, 1.165) is 18.2 Å². The number of hydrogen-bond acceptors (Lipinski definition) is 2. The van der Waals surface area contributed by atoms with E-state index < -0.39 is 17.6 Å². The first-order chi connectivity index (χ1) is 11.1. The van der Waals surface area contributed by atoms with Crippen molar-refractivity contribution >= 4 is 23.4 Å². The molecule has 0 saturated carbocycles. The first-order valence-corrected chi connectivity index (χ1v) is 7.91. The number of halogens is 4. The third kappa shape index (κ3) is 4.20. The van der Waals surface area contributed by atoms with Crippen LogP contribution in [0.5, 0.6) is 0 Å². The molecule has 1 atom stereocenters. The molecular formula is C16H18ClF3N2O2. The van der Waals surface area contributed by atoms with Gasteiger partial charge >= 0.3 is 6.18 Å². The van der Waals surface area contributed by atoms with Gasteiger partial charge in [0.15, 0.2) is 0 Å². The maximum Gasteiger partial charge on any atom is 0.416 e. The van der Waals surface area contributed by atoms with E-state index >= 15 is 0 Å². The zero-order valence-electron chi connectivity index (χ0n) is 13.3. The number of rotatable bonds is 4. The second kappa shape index (κ2) is 7.01. The van der Waals surface area contributed by atoms with Gasteiger partial charge in [0.05, 0.1) is 16.1 Å². The van der Waals surface area contributed by atoms with Crippen LogP contribution in [-0.4, -0.2) is 35.8 Å². The molecule has 1 aromatic carbocycles. The van der Waals surface area contributed by atoms with Crippen LogP contribution in [-0.2, 0) is 11.0 Å². The Morgan fingerprint density at radius 1 is 1.42 bits per heavy atom. The summed E-state index contributed by atoms with van der Waals surface area (Å²) in [5.41, 5.74) is -1.16. The highest BCUT2D eigenvalue weighted by Crippen LogP contribution is 2.31. The molecule has 1 aliphatic heterocycles. The maximum absolute atomic E-state index is 12.7. The summed E-state index contributed by atoms with van der Waals surface area (Å²) in [5, 5.41) is 2.52. The third-order valence-electron chi connectivity index (χ3n) is 3.95. The molecule has 0 spiro atoms. The van der Waals surface area contributed by atoms with Crippen molar-refractivity contribution in [3.63, 3.8) is 0 Å². The van der Waals surface area contributed by atoms with Crippen LogP contribution in [0.2, 0.25) is 5.02 Å². The summed E-state index contributed by atoms with van der Waals surface area (Å²) in [4.78, 5) is 25.7. The van der Waals surface area contributed by atoms with Gasteiger partial charge in [-0.3, -0.25) is 9.59 Å². The van der Waals surface area contributed by atoms with Crippen molar-refractivity contribution in [2.24, 2.45) is 5.92 Å². The Hall–Kier alpha value is -1.76. The second-order valence-electron chi connectivity index (χ2n) is 6.11. The summed E-state index contributed by atoms with van der Waals surface area (Å²) in [6.45, 7) is 4.54. The molecule has 0 aliphatic carbocycles. The molecule has 24 heavy (non-hydrogen) atoms. The molecule has 2 amide bonds. The molecule has 1 aliphatic rings. The number of hydrogen-bond donors (Lipinski definition) is 1. The Balaban J connectivity index is 2.02. The Labute approximate surface area is 143 Å². The van der Waals surface area contributed by atoms with E-state index in [1.54, 1.807) is 4.90 Å². The minimum absolute atomic E-state index is 0.0151. The van der Waals surface area contributed by atoms with Crippen LogP contribution in [0.25, 0.3) is 0 Å². The fourth-order valence-electron chi connectivity index (χ4n) is 2.65. The van der Waals surface area contributed by atoms with Crippen LogP contribution < -0.4 is 5.32 Å². The third-order valence-corrected chi connectivity index (χ3v) is 4.28. The SMILES string of the molecule is CC(C)N1C[C@@H](CNC(=O)c2cc(C(F)(F)F)ccc2Cl)CC1=O. The summed E-state index contributed by atoms with van der Waals surface area (Å²) >= 11 is 5.83. The van der Waals surface area contributed by atoms with E-state index in [4.69, 9.17) is 11.6 Å². The molecule has 0 unspecified atom stereocenters. The van der Waals surface area contributed by atoms with E-state index in [0.29, 0.717) is 13.0 Å². The lowest BCUT2D eigenvalue weighted by Crippen LogP contribution is -2.34. The van der Waals surface area contributed by atoms with E-state index in [1.165, 1.54) is 0 Å². The number of likely N-dealkylation sites (tertiary alicyclic amines) is 1. The quantitative estimate of drug-likeness (QED) is 0.893. The van der Waals surface area contributed by atoms with Gasteiger partial charge in [0.2, 0.25) is 5.91 Å². The van der Waals surface area contributed by atoms with E-state index in [2.05, 4.69) is 5.32 Å². The van der Waals surface area contributed by atoms with Crippen molar-refractivity contribution in [1.29, 1.82) is 0 Å². The number of amides is 2. The molecular weight excluding hydrogens is 345 g/mol. The van der Waals surface area contributed by atoms with Crippen molar-refractivity contribution < 1.29 is 22.8 Å². The highest BCUT2D eigenvalue weighted by molar-refractivity contribution is 6.33. The maximum atomic E-state index is 12.7. The molecule has 132 valence electrons. The minimum Gasteiger partial charge on any atom is -0.352 e. The fraction of sp³-hybridized carbons (Fsp3) is 0.500. The first kappa shape index (κ1) is 18.6. The van der Waals surface area contributed by atoms with Gasteiger partial charge in [-0.2, -0.15) is 13.2 Å². The van der Waals surface area contributed by atoms with E-state index in [9.17, 15) is 22.8 Å². The lowest BCUT2D eigenvalue weighted by molar-refractivity contribution is -0.137. The monoisotopic (exact) mass is 362 g/mol. The van der Waals surface area contributed by atoms with Crippen LogP contribution in [0.1, 0.15) is 36.2 Å². The summed E-state index contributed by atoms with van der Waals surface area (Å²) in [7, 11) is 0. The minimum atomic E-state index is -4.55.